The van der Waals surface area contributed by atoms with Crippen LogP contribution in [0.15, 0.2) is 15.8 Å². The smallest absolute Gasteiger partial charge is 0.330 e. The van der Waals surface area contributed by atoms with Gasteiger partial charge in [-0.1, -0.05) is 0 Å². The number of aryl methyl sites for hydroxylation is 1. The molecule has 9 nitrogen and oxygen atoms in total. The fraction of sp³-hybridized carbons (Fsp3) is 0.733. The van der Waals surface area contributed by atoms with Gasteiger partial charge >= 0.3 is 5.69 Å². The van der Waals surface area contributed by atoms with Crippen molar-refractivity contribution >= 4 is 0 Å². The Labute approximate surface area is 138 Å². The number of nitrogens with zero attached hydrogens (tertiary/aromatic N) is 1. The molecule has 0 bridgehead atoms. The van der Waals surface area contributed by atoms with Crippen LogP contribution in [0.4, 0.5) is 0 Å². The zero-order chi connectivity index (χ0) is 17.3. The van der Waals surface area contributed by atoms with Crippen molar-refractivity contribution < 1.29 is 19.7 Å². The zero-order valence-corrected chi connectivity index (χ0v) is 13.5. The van der Waals surface area contributed by atoms with Gasteiger partial charge in [0.2, 0.25) is 0 Å². The summed E-state index contributed by atoms with van der Waals surface area (Å²) < 4.78 is 11.9. The number of aliphatic hydroxyl groups excluding tert-OH is 2. The lowest BCUT2D eigenvalue weighted by Gasteiger charge is -2.18. The van der Waals surface area contributed by atoms with E-state index in [1.54, 1.807) is 0 Å². The standard InChI is InChI=1S/C15H23N3O6/c1-16-5-3-2-4-8-6-18(15(22)17-13(8)21)14-11(20)10(19)12(24-14)9-7-23-9/h6,9-12,14,16,19-20H,2-5,7H2,1H3,(H,17,21,22). The fourth-order valence-electron chi connectivity index (χ4n) is 2.98. The number of aromatic nitrogens is 2. The molecule has 5 unspecified atom stereocenters. The molecule has 0 spiro atoms. The van der Waals surface area contributed by atoms with E-state index in [0.29, 0.717) is 18.6 Å². The lowest BCUT2D eigenvalue weighted by Crippen LogP contribution is -2.39. The van der Waals surface area contributed by atoms with E-state index in [1.807, 2.05) is 7.05 Å². The predicted molar refractivity (Wildman–Crippen MR) is 83.9 cm³/mol. The number of epoxide rings is 1. The molecule has 24 heavy (non-hydrogen) atoms. The topological polar surface area (TPSA) is 129 Å². The number of hydrogen-bond acceptors (Lipinski definition) is 7. The molecule has 0 amide bonds. The highest BCUT2D eigenvalue weighted by molar-refractivity contribution is 5.07. The van der Waals surface area contributed by atoms with Crippen LogP contribution in [0.3, 0.4) is 0 Å². The zero-order valence-electron chi connectivity index (χ0n) is 13.5. The molecule has 0 aromatic carbocycles. The molecular formula is C15H23N3O6. The number of aliphatic hydroxyl groups is 2. The van der Waals surface area contributed by atoms with Crippen molar-refractivity contribution in [2.45, 2.75) is 49.9 Å². The summed E-state index contributed by atoms with van der Waals surface area (Å²) in [6.45, 7) is 1.30. The van der Waals surface area contributed by atoms with Crippen molar-refractivity contribution in [3.8, 4) is 0 Å². The van der Waals surface area contributed by atoms with Crippen LogP contribution in [-0.4, -0.2) is 64.4 Å². The van der Waals surface area contributed by atoms with E-state index in [-0.39, 0.29) is 6.10 Å². The van der Waals surface area contributed by atoms with Crippen molar-refractivity contribution in [1.29, 1.82) is 0 Å². The minimum atomic E-state index is -1.26. The molecule has 2 saturated heterocycles. The maximum absolute atomic E-state index is 12.1. The minimum absolute atomic E-state index is 0.265. The number of hydrogen-bond donors (Lipinski definition) is 4. The van der Waals surface area contributed by atoms with Gasteiger partial charge in [0, 0.05) is 11.8 Å². The van der Waals surface area contributed by atoms with Crippen LogP contribution >= 0.6 is 0 Å². The van der Waals surface area contributed by atoms with Gasteiger partial charge in [0.05, 0.1) is 6.61 Å². The van der Waals surface area contributed by atoms with Crippen LogP contribution < -0.4 is 16.6 Å². The Morgan fingerprint density at radius 2 is 2.08 bits per heavy atom. The molecule has 2 fully saturated rings. The van der Waals surface area contributed by atoms with E-state index in [1.165, 1.54) is 6.20 Å². The molecule has 4 N–H and O–H groups in total. The highest BCUT2D eigenvalue weighted by atomic mass is 16.6. The number of aromatic amines is 1. The molecule has 3 rings (SSSR count). The maximum atomic E-state index is 12.1. The second-order valence-corrected chi connectivity index (χ2v) is 6.23. The van der Waals surface area contributed by atoms with Gasteiger partial charge in [0.1, 0.15) is 24.4 Å². The Bertz CT molecular complexity index is 683. The van der Waals surface area contributed by atoms with E-state index < -0.39 is 35.8 Å². The molecule has 3 heterocycles. The first kappa shape index (κ1) is 17.3. The maximum Gasteiger partial charge on any atom is 0.330 e. The molecule has 0 radical (unpaired) electrons. The summed E-state index contributed by atoms with van der Waals surface area (Å²) in [6, 6.07) is 0. The van der Waals surface area contributed by atoms with E-state index in [4.69, 9.17) is 9.47 Å². The normalized spacial score (nSPS) is 32.2. The highest BCUT2D eigenvalue weighted by Gasteiger charge is 2.51. The number of ether oxygens (including phenoxy) is 2. The summed E-state index contributed by atoms with van der Waals surface area (Å²) in [5, 5.41) is 23.3. The van der Waals surface area contributed by atoms with Crippen LogP contribution in [0.5, 0.6) is 0 Å². The van der Waals surface area contributed by atoms with Gasteiger partial charge in [0.15, 0.2) is 6.23 Å². The summed E-state index contributed by atoms with van der Waals surface area (Å²) in [5.74, 6) is 0. The van der Waals surface area contributed by atoms with Crippen molar-refractivity contribution in [1.82, 2.24) is 14.9 Å². The summed E-state index contributed by atoms with van der Waals surface area (Å²) >= 11 is 0. The van der Waals surface area contributed by atoms with Crippen LogP contribution in [0.2, 0.25) is 0 Å². The van der Waals surface area contributed by atoms with E-state index >= 15 is 0 Å². The van der Waals surface area contributed by atoms with E-state index in [0.717, 1.165) is 24.0 Å². The third kappa shape index (κ3) is 3.45. The largest absolute Gasteiger partial charge is 0.387 e. The van der Waals surface area contributed by atoms with Crippen molar-refractivity contribution in [2.24, 2.45) is 0 Å². The van der Waals surface area contributed by atoms with Gasteiger partial charge in [0.25, 0.3) is 5.56 Å². The van der Waals surface area contributed by atoms with Crippen LogP contribution in [0.1, 0.15) is 24.6 Å². The quantitative estimate of drug-likeness (QED) is 0.337. The SMILES string of the molecule is CNCCCCc1cn(C2OC(C3CO3)C(O)C2O)c(=O)[nH]c1=O. The van der Waals surface area contributed by atoms with Crippen molar-refractivity contribution in [3.63, 3.8) is 0 Å². The van der Waals surface area contributed by atoms with Gasteiger partial charge in [-0.05, 0) is 32.9 Å². The van der Waals surface area contributed by atoms with Gasteiger partial charge in [-0.3, -0.25) is 14.3 Å². The molecular weight excluding hydrogens is 318 g/mol. The molecule has 5 atom stereocenters. The van der Waals surface area contributed by atoms with Crippen molar-refractivity contribution in [2.75, 3.05) is 20.2 Å². The third-order valence-electron chi connectivity index (χ3n) is 4.44. The molecule has 134 valence electrons. The second-order valence-electron chi connectivity index (χ2n) is 6.23. The fourth-order valence-corrected chi connectivity index (χ4v) is 2.98. The number of unbranched alkanes of at least 4 members (excludes halogenated alkanes) is 1. The summed E-state index contributed by atoms with van der Waals surface area (Å²) in [7, 11) is 1.86. The number of nitrogens with one attached hydrogen (secondary N) is 2. The van der Waals surface area contributed by atoms with Gasteiger partial charge < -0.3 is 25.0 Å². The van der Waals surface area contributed by atoms with Gasteiger partial charge in [-0.15, -0.1) is 0 Å². The van der Waals surface area contributed by atoms with Gasteiger partial charge in [-0.25, -0.2) is 4.79 Å². The molecule has 0 aliphatic carbocycles. The van der Waals surface area contributed by atoms with Crippen LogP contribution in [0.25, 0.3) is 0 Å². The molecule has 2 aliphatic heterocycles. The Kier molecular flexibility index (Phi) is 5.16. The third-order valence-corrected chi connectivity index (χ3v) is 4.44. The first-order valence-corrected chi connectivity index (χ1v) is 8.15. The summed E-state index contributed by atoms with van der Waals surface area (Å²) in [4.78, 5) is 26.3. The predicted octanol–water partition coefficient (Wildman–Crippen LogP) is -1.90. The molecule has 0 saturated carbocycles. The number of rotatable bonds is 7. The minimum Gasteiger partial charge on any atom is -0.387 e. The Hall–Kier alpha value is -1.52. The van der Waals surface area contributed by atoms with Crippen LogP contribution in [0, 0.1) is 0 Å². The first-order chi connectivity index (χ1) is 11.5. The Morgan fingerprint density at radius 1 is 1.33 bits per heavy atom. The molecule has 1 aromatic rings. The molecule has 2 aliphatic rings. The Morgan fingerprint density at radius 3 is 2.75 bits per heavy atom. The van der Waals surface area contributed by atoms with Gasteiger partial charge in [-0.2, -0.15) is 0 Å². The molecule has 1 aromatic heterocycles. The van der Waals surface area contributed by atoms with Crippen molar-refractivity contribution in [3.05, 3.63) is 32.6 Å². The molecule has 9 heteroatoms. The second kappa shape index (κ2) is 7.16. The lowest BCUT2D eigenvalue weighted by molar-refractivity contribution is -0.0469. The average Bonchev–Trinajstić information content (AvgIpc) is 3.34. The van der Waals surface area contributed by atoms with E-state index in [2.05, 4.69) is 10.3 Å². The monoisotopic (exact) mass is 341 g/mol. The highest BCUT2D eigenvalue weighted by Crippen LogP contribution is 2.34. The Balaban J connectivity index is 1.79. The summed E-state index contributed by atoms with van der Waals surface area (Å²) in [5.41, 5.74) is -0.662. The first-order valence-electron chi connectivity index (χ1n) is 8.15. The van der Waals surface area contributed by atoms with Crippen LogP contribution in [-0.2, 0) is 15.9 Å². The summed E-state index contributed by atoms with van der Waals surface area (Å²) in [6.07, 6.45) is -0.777. The average molecular weight is 341 g/mol. The number of H-pyrrole nitrogens is 1. The lowest BCUT2D eigenvalue weighted by atomic mass is 10.1. The van der Waals surface area contributed by atoms with E-state index in [9.17, 15) is 19.8 Å².